The van der Waals surface area contributed by atoms with E-state index in [1.54, 1.807) is 18.2 Å². The molecule has 0 saturated heterocycles. The summed E-state index contributed by atoms with van der Waals surface area (Å²) < 4.78 is 22.0. The SMILES string of the molecule is COC(=O)c1ccc(OCc2ccccc2)c(OCOCC[Si](C)(C)C)c1. The molecule has 0 bridgehead atoms. The summed E-state index contributed by atoms with van der Waals surface area (Å²) in [5.74, 6) is 0.594. The fraction of sp³-hybridized carbons (Fsp3) is 0.381. The van der Waals surface area contributed by atoms with Crippen molar-refractivity contribution in [2.45, 2.75) is 32.3 Å². The van der Waals surface area contributed by atoms with E-state index >= 15 is 0 Å². The summed E-state index contributed by atoms with van der Waals surface area (Å²) in [5, 5.41) is 0. The zero-order valence-electron chi connectivity index (χ0n) is 16.5. The van der Waals surface area contributed by atoms with Gasteiger partial charge in [-0.1, -0.05) is 50.0 Å². The van der Waals surface area contributed by atoms with Crippen LogP contribution >= 0.6 is 0 Å². The van der Waals surface area contributed by atoms with Crippen LogP contribution in [0.4, 0.5) is 0 Å². The largest absolute Gasteiger partial charge is 0.485 e. The number of rotatable bonds is 10. The molecule has 27 heavy (non-hydrogen) atoms. The highest BCUT2D eigenvalue weighted by Gasteiger charge is 2.14. The Kier molecular flexibility index (Phi) is 7.88. The summed E-state index contributed by atoms with van der Waals surface area (Å²) in [5.41, 5.74) is 1.45. The average Bonchev–Trinajstić information content (AvgIpc) is 2.65. The fourth-order valence-corrected chi connectivity index (χ4v) is 3.02. The minimum Gasteiger partial charge on any atom is -0.485 e. The molecule has 0 aliphatic carbocycles. The fourth-order valence-electron chi connectivity index (χ4n) is 2.26. The van der Waals surface area contributed by atoms with Crippen molar-refractivity contribution in [1.29, 1.82) is 0 Å². The van der Waals surface area contributed by atoms with Gasteiger partial charge in [0.25, 0.3) is 0 Å². The first-order valence-electron chi connectivity index (χ1n) is 8.99. The standard InChI is InChI=1S/C21H28O5Si/c1-23-21(22)18-10-11-19(25-15-17-8-6-5-7-9-17)20(14-18)26-16-24-12-13-27(2,3)4/h5-11,14H,12-13,15-16H2,1-4H3. The number of hydrogen-bond donors (Lipinski definition) is 0. The molecule has 0 atom stereocenters. The smallest absolute Gasteiger partial charge is 0.337 e. The molecule has 2 aromatic rings. The maximum Gasteiger partial charge on any atom is 0.337 e. The van der Waals surface area contributed by atoms with Crippen LogP contribution in [0.3, 0.4) is 0 Å². The van der Waals surface area contributed by atoms with Gasteiger partial charge in [-0.25, -0.2) is 4.79 Å². The molecule has 0 fully saturated rings. The van der Waals surface area contributed by atoms with Crippen LogP contribution in [-0.2, 0) is 16.1 Å². The van der Waals surface area contributed by atoms with E-state index in [1.807, 2.05) is 30.3 Å². The van der Waals surface area contributed by atoms with Gasteiger partial charge in [0, 0.05) is 14.7 Å². The first kappa shape index (κ1) is 21.0. The number of carbonyl (C=O) groups is 1. The predicted octanol–water partition coefficient (Wildman–Crippen LogP) is 4.74. The second-order valence-corrected chi connectivity index (χ2v) is 13.0. The molecule has 0 aliphatic heterocycles. The van der Waals surface area contributed by atoms with Gasteiger partial charge in [0.15, 0.2) is 18.3 Å². The number of ether oxygens (including phenoxy) is 4. The summed E-state index contributed by atoms with van der Waals surface area (Å²) in [6.07, 6.45) is 0. The minimum atomic E-state index is -1.14. The topological polar surface area (TPSA) is 54.0 Å². The van der Waals surface area contributed by atoms with Gasteiger partial charge in [-0.15, -0.1) is 0 Å². The van der Waals surface area contributed by atoms with Crippen molar-refractivity contribution in [1.82, 2.24) is 0 Å². The Hall–Kier alpha value is -2.31. The van der Waals surface area contributed by atoms with Crippen LogP contribution in [0.5, 0.6) is 11.5 Å². The molecule has 0 aliphatic rings. The molecule has 6 heteroatoms. The van der Waals surface area contributed by atoms with Crippen LogP contribution in [0, 0.1) is 0 Å². The van der Waals surface area contributed by atoms with E-state index in [0.717, 1.165) is 11.6 Å². The van der Waals surface area contributed by atoms with E-state index in [-0.39, 0.29) is 6.79 Å². The quantitative estimate of drug-likeness (QED) is 0.255. The molecule has 0 unspecified atom stereocenters. The molecular weight excluding hydrogens is 360 g/mol. The van der Waals surface area contributed by atoms with Crippen molar-refractivity contribution in [3.8, 4) is 11.5 Å². The van der Waals surface area contributed by atoms with Crippen LogP contribution in [0.2, 0.25) is 25.7 Å². The van der Waals surface area contributed by atoms with Crippen LogP contribution in [0.15, 0.2) is 48.5 Å². The highest BCUT2D eigenvalue weighted by Crippen LogP contribution is 2.29. The van der Waals surface area contributed by atoms with Gasteiger partial charge >= 0.3 is 5.97 Å². The summed E-state index contributed by atoms with van der Waals surface area (Å²) in [6.45, 7) is 8.07. The van der Waals surface area contributed by atoms with Crippen LogP contribution in [0.1, 0.15) is 15.9 Å². The van der Waals surface area contributed by atoms with Gasteiger partial charge in [0.1, 0.15) is 6.61 Å². The maximum atomic E-state index is 11.8. The summed E-state index contributed by atoms with van der Waals surface area (Å²) in [7, 11) is 0.207. The number of benzene rings is 2. The number of carbonyl (C=O) groups excluding carboxylic acids is 1. The Balaban J connectivity index is 2.02. The van der Waals surface area contributed by atoms with Gasteiger partial charge < -0.3 is 18.9 Å². The third-order valence-electron chi connectivity index (χ3n) is 3.90. The van der Waals surface area contributed by atoms with Crippen LogP contribution < -0.4 is 9.47 Å². The Labute approximate surface area is 162 Å². The molecule has 0 spiro atoms. The molecule has 5 nitrogen and oxygen atoms in total. The molecule has 146 valence electrons. The van der Waals surface area contributed by atoms with Crippen molar-refractivity contribution >= 4 is 14.0 Å². The molecule has 2 rings (SSSR count). The van der Waals surface area contributed by atoms with E-state index in [2.05, 4.69) is 19.6 Å². The molecule has 0 radical (unpaired) electrons. The summed E-state index contributed by atoms with van der Waals surface area (Å²) in [6, 6.07) is 15.9. The van der Waals surface area contributed by atoms with Crippen molar-refractivity contribution < 1.29 is 23.7 Å². The maximum absolute atomic E-state index is 11.8. The normalized spacial score (nSPS) is 11.1. The molecule has 0 N–H and O–H groups in total. The van der Waals surface area contributed by atoms with Gasteiger partial charge in [0.05, 0.1) is 12.7 Å². The van der Waals surface area contributed by atoms with Crippen molar-refractivity contribution in [2.24, 2.45) is 0 Å². The van der Waals surface area contributed by atoms with E-state index in [1.165, 1.54) is 7.11 Å². The highest BCUT2D eigenvalue weighted by molar-refractivity contribution is 6.76. The zero-order chi connectivity index (χ0) is 19.7. The average molecular weight is 389 g/mol. The lowest BCUT2D eigenvalue weighted by molar-refractivity contribution is 0.0198. The molecular formula is C21H28O5Si. The van der Waals surface area contributed by atoms with E-state index < -0.39 is 14.0 Å². The summed E-state index contributed by atoms with van der Waals surface area (Å²) in [4.78, 5) is 11.8. The number of hydrogen-bond acceptors (Lipinski definition) is 5. The third kappa shape index (κ3) is 7.44. The third-order valence-corrected chi connectivity index (χ3v) is 5.60. The van der Waals surface area contributed by atoms with Crippen molar-refractivity contribution in [2.75, 3.05) is 20.5 Å². The summed E-state index contributed by atoms with van der Waals surface area (Å²) >= 11 is 0. The monoisotopic (exact) mass is 388 g/mol. The predicted molar refractivity (Wildman–Crippen MR) is 108 cm³/mol. The molecule has 0 heterocycles. The van der Waals surface area contributed by atoms with Gasteiger partial charge in [0.2, 0.25) is 0 Å². The van der Waals surface area contributed by atoms with E-state index in [0.29, 0.717) is 30.3 Å². The van der Waals surface area contributed by atoms with Crippen molar-refractivity contribution in [3.63, 3.8) is 0 Å². The van der Waals surface area contributed by atoms with Crippen molar-refractivity contribution in [3.05, 3.63) is 59.7 Å². The lowest BCUT2D eigenvalue weighted by Gasteiger charge is -2.17. The highest BCUT2D eigenvalue weighted by atomic mass is 28.3. The molecule has 0 aromatic heterocycles. The van der Waals surface area contributed by atoms with E-state index in [9.17, 15) is 4.79 Å². The molecule has 2 aromatic carbocycles. The Morgan fingerprint density at radius 1 is 0.963 bits per heavy atom. The first-order valence-corrected chi connectivity index (χ1v) is 12.7. The minimum absolute atomic E-state index is 0.108. The second-order valence-electron chi connectivity index (χ2n) is 7.41. The Morgan fingerprint density at radius 3 is 2.37 bits per heavy atom. The Morgan fingerprint density at radius 2 is 1.70 bits per heavy atom. The van der Waals surface area contributed by atoms with Crippen LogP contribution in [-0.4, -0.2) is 34.6 Å². The zero-order valence-corrected chi connectivity index (χ0v) is 17.5. The van der Waals surface area contributed by atoms with Gasteiger partial charge in [-0.05, 0) is 29.8 Å². The molecule has 0 saturated carbocycles. The molecule has 0 amide bonds. The van der Waals surface area contributed by atoms with E-state index in [4.69, 9.17) is 18.9 Å². The number of esters is 1. The second kappa shape index (κ2) is 10.1. The Bertz CT molecular complexity index is 725. The first-order chi connectivity index (χ1) is 12.9. The number of methoxy groups -OCH3 is 1. The van der Waals surface area contributed by atoms with Gasteiger partial charge in [-0.3, -0.25) is 0 Å². The van der Waals surface area contributed by atoms with Crippen LogP contribution in [0.25, 0.3) is 0 Å². The van der Waals surface area contributed by atoms with Gasteiger partial charge in [-0.2, -0.15) is 0 Å². The lowest BCUT2D eigenvalue weighted by atomic mass is 10.2. The lowest BCUT2D eigenvalue weighted by Crippen LogP contribution is -2.22.